The summed E-state index contributed by atoms with van der Waals surface area (Å²) in [5.74, 6) is 0.866. The lowest BCUT2D eigenvalue weighted by molar-refractivity contribution is 0.0535. The van der Waals surface area contributed by atoms with Gasteiger partial charge in [-0.25, -0.2) is 4.79 Å². The fourth-order valence-electron chi connectivity index (χ4n) is 3.94. The zero-order chi connectivity index (χ0) is 23.5. The Morgan fingerprint density at radius 3 is 1.79 bits per heavy atom. The van der Waals surface area contributed by atoms with E-state index in [2.05, 4.69) is 4.98 Å². The summed E-state index contributed by atoms with van der Waals surface area (Å²) in [5.41, 5.74) is 2.28. The van der Waals surface area contributed by atoms with E-state index < -0.39 is 0 Å². The van der Waals surface area contributed by atoms with Gasteiger partial charge >= 0.3 is 5.69 Å². The quantitative estimate of drug-likeness (QED) is 0.642. The van der Waals surface area contributed by atoms with Crippen LogP contribution in [0, 0.1) is 6.92 Å². The first-order valence-electron chi connectivity index (χ1n) is 10.6. The number of rotatable bonds is 5. The maximum Gasteiger partial charge on any atom is 0.330 e. The molecule has 0 radical (unpaired) electrons. The van der Waals surface area contributed by atoms with Crippen LogP contribution in [0.3, 0.4) is 0 Å². The van der Waals surface area contributed by atoms with Crippen LogP contribution in [0.1, 0.15) is 26.4 Å². The Morgan fingerprint density at radius 2 is 1.33 bits per heavy atom. The fourth-order valence-corrected chi connectivity index (χ4v) is 3.94. The van der Waals surface area contributed by atoms with E-state index in [-0.39, 0.29) is 17.5 Å². The Kier molecular flexibility index (Phi) is 6.21. The summed E-state index contributed by atoms with van der Waals surface area (Å²) in [6.07, 6.45) is 1.64. The fraction of sp³-hybridized carbons (Fsp3) is 0.292. The van der Waals surface area contributed by atoms with Gasteiger partial charge < -0.3 is 24.3 Å². The summed E-state index contributed by atoms with van der Waals surface area (Å²) in [5, 5.41) is 0. The van der Waals surface area contributed by atoms with E-state index in [4.69, 9.17) is 9.47 Å². The van der Waals surface area contributed by atoms with Gasteiger partial charge in [-0.05, 0) is 43.3 Å². The van der Waals surface area contributed by atoms with Crippen molar-refractivity contribution in [3.63, 3.8) is 0 Å². The number of methoxy groups -OCH3 is 2. The van der Waals surface area contributed by atoms with Gasteiger partial charge in [0.25, 0.3) is 11.8 Å². The predicted octanol–water partition coefficient (Wildman–Crippen LogP) is 2.09. The molecule has 0 saturated carbocycles. The Bertz CT molecular complexity index is 1200. The van der Waals surface area contributed by atoms with Crippen molar-refractivity contribution in [2.45, 2.75) is 6.92 Å². The highest BCUT2D eigenvalue weighted by Gasteiger charge is 2.26. The van der Waals surface area contributed by atoms with E-state index in [1.807, 2.05) is 6.92 Å². The zero-order valence-corrected chi connectivity index (χ0v) is 18.8. The van der Waals surface area contributed by atoms with Crippen molar-refractivity contribution in [3.05, 3.63) is 76.0 Å². The molecule has 1 N–H and O–H groups in total. The van der Waals surface area contributed by atoms with Crippen molar-refractivity contribution in [1.29, 1.82) is 0 Å². The molecule has 172 valence electrons. The number of nitrogens with zero attached hydrogens (tertiary/aromatic N) is 3. The molecule has 9 heteroatoms. The van der Waals surface area contributed by atoms with Gasteiger partial charge in [-0.3, -0.25) is 14.2 Å². The molecule has 1 aromatic heterocycles. The third kappa shape index (κ3) is 4.48. The molecule has 1 fully saturated rings. The highest BCUT2D eigenvalue weighted by molar-refractivity contribution is 5.96. The van der Waals surface area contributed by atoms with Gasteiger partial charge in [0.15, 0.2) is 0 Å². The molecule has 2 aromatic carbocycles. The number of amides is 2. The molecular formula is C24H26N4O5. The number of aryl methyl sites for hydroxylation is 1. The number of hydrogen-bond donors (Lipinski definition) is 1. The van der Waals surface area contributed by atoms with E-state index in [1.54, 1.807) is 63.0 Å². The van der Waals surface area contributed by atoms with Crippen LogP contribution in [-0.2, 0) is 0 Å². The number of piperazine rings is 1. The number of aromatic amines is 1. The molecule has 0 unspecified atom stereocenters. The molecule has 0 spiro atoms. The standard InChI is InChI=1S/C24H26N4O5/c1-16-15-25-24(31)28(16)19-6-4-17(5-7-19)22(29)26-8-10-27(11-9-26)23(30)18-12-20(32-2)14-21(13-18)33-3/h4-7,12-15H,8-11H2,1-3H3,(H,25,31). The first-order valence-corrected chi connectivity index (χ1v) is 10.6. The van der Waals surface area contributed by atoms with Crippen molar-refractivity contribution in [2.24, 2.45) is 0 Å². The van der Waals surface area contributed by atoms with E-state index in [1.165, 1.54) is 14.2 Å². The predicted molar refractivity (Wildman–Crippen MR) is 122 cm³/mol. The Morgan fingerprint density at radius 1 is 0.818 bits per heavy atom. The Balaban J connectivity index is 1.41. The van der Waals surface area contributed by atoms with Gasteiger partial charge in [0.05, 0.1) is 19.9 Å². The summed E-state index contributed by atoms with van der Waals surface area (Å²) in [6.45, 7) is 3.56. The second kappa shape index (κ2) is 9.23. The summed E-state index contributed by atoms with van der Waals surface area (Å²) in [7, 11) is 3.08. The molecular weight excluding hydrogens is 424 g/mol. The second-order valence-corrected chi connectivity index (χ2v) is 7.80. The number of nitrogens with one attached hydrogen (secondary N) is 1. The summed E-state index contributed by atoms with van der Waals surface area (Å²) >= 11 is 0. The van der Waals surface area contributed by atoms with Crippen LogP contribution in [0.2, 0.25) is 0 Å². The number of H-pyrrole nitrogens is 1. The van der Waals surface area contributed by atoms with Crippen LogP contribution in [0.25, 0.3) is 5.69 Å². The Hall–Kier alpha value is -4.01. The summed E-state index contributed by atoms with van der Waals surface area (Å²) in [4.78, 5) is 44.0. The van der Waals surface area contributed by atoms with Gasteiger partial charge in [0.1, 0.15) is 11.5 Å². The van der Waals surface area contributed by atoms with Gasteiger partial charge in [0, 0.05) is 55.3 Å². The lowest BCUT2D eigenvalue weighted by Crippen LogP contribution is -2.50. The molecule has 0 atom stereocenters. The summed E-state index contributed by atoms with van der Waals surface area (Å²) < 4.78 is 12.1. The normalized spacial score (nSPS) is 13.7. The molecule has 1 saturated heterocycles. The number of carbonyl (C=O) groups excluding carboxylic acids is 2. The van der Waals surface area contributed by atoms with E-state index in [9.17, 15) is 14.4 Å². The SMILES string of the molecule is COc1cc(OC)cc(C(=O)N2CCN(C(=O)c3ccc(-n4c(C)c[nH]c4=O)cc3)CC2)c1. The first-order chi connectivity index (χ1) is 15.9. The average molecular weight is 450 g/mol. The molecule has 4 rings (SSSR count). The lowest BCUT2D eigenvalue weighted by Gasteiger charge is -2.35. The zero-order valence-electron chi connectivity index (χ0n) is 18.8. The number of aromatic nitrogens is 2. The molecule has 2 amide bonds. The average Bonchev–Trinajstić information content (AvgIpc) is 3.20. The van der Waals surface area contributed by atoms with Crippen LogP contribution >= 0.6 is 0 Å². The minimum Gasteiger partial charge on any atom is -0.497 e. The van der Waals surface area contributed by atoms with Crippen LogP contribution < -0.4 is 15.2 Å². The van der Waals surface area contributed by atoms with E-state index in [0.717, 1.165) is 5.69 Å². The molecule has 1 aliphatic rings. The molecule has 3 aromatic rings. The third-order valence-corrected chi connectivity index (χ3v) is 5.79. The van der Waals surface area contributed by atoms with Crippen molar-refractivity contribution in [2.75, 3.05) is 40.4 Å². The van der Waals surface area contributed by atoms with Gasteiger partial charge in [-0.1, -0.05) is 0 Å². The molecule has 2 heterocycles. The van der Waals surface area contributed by atoms with Crippen molar-refractivity contribution >= 4 is 11.8 Å². The van der Waals surface area contributed by atoms with E-state index >= 15 is 0 Å². The topological polar surface area (TPSA) is 96.9 Å². The van der Waals surface area contributed by atoms with Crippen molar-refractivity contribution < 1.29 is 19.1 Å². The van der Waals surface area contributed by atoms with E-state index in [0.29, 0.717) is 54.5 Å². The van der Waals surface area contributed by atoms with Gasteiger partial charge in [-0.2, -0.15) is 0 Å². The van der Waals surface area contributed by atoms with Crippen LogP contribution in [0.4, 0.5) is 0 Å². The van der Waals surface area contributed by atoms with Crippen LogP contribution in [0.15, 0.2) is 53.5 Å². The van der Waals surface area contributed by atoms with Gasteiger partial charge in [-0.15, -0.1) is 0 Å². The smallest absolute Gasteiger partial charge is 0.330 e. The molecule has 1 aliphatic heterocycles. The highest BCUT2D eigenvalue weighted by atomic mass is 16.5. The summed E-state index contributed by atoms with van der Waals surface area (Å²) in [6, 6.07) is 12.0. The molecule has 9 nitrogen and oxygen atoms in total. The molecule has 0 bridgehead atoms. The highest BCUT2D eigenvalue weighted by Crippen LogP contribution is 2.24. The number of imidazole rings is 1. The van der Waals surface area contributed by atoms with Crippen molar-refractivity contribution in [3.8, 4) is 17.2 Å². The van der Waals surface area contributed by atoms with Crippen molar-refractivity contribution in [1.82, 2.24) is 19.4 Å². The van der Waals surface area contributed by atoms with Crippen LogP contribution in [-0.4, -0.2) is 71.6 Å². The lowest BCUT2D eigenvalue weighted by atomic mass is 10.1. The largest absolute Gasteiger partial charge is 0.497 e. The minimum atomic E-state index is -0.221. The number of carbonyl (C=O) groups is 2. The molecule has 33 heavy (non-hydrogen) atoms. The maximum atomic E-state index is 13.0. The number of hydrogen-bond acceptors (Lipinski definition) is 5. The Labute approximate surface area is 191 Å². The second-order valence-electron chi connectivity index (χ2n) is 7.80. The van der Waals surface area contributed by atoms with Crippen LogP contribution in [0.5, 0.6) is 11.5 Å². The number of benzene rings is 2. The van der Waals surface area contributed by atoms with Gasteiger partial charge in [0.2, 0.25) is 0 Å². The number of ether oxygens (including phenoxy) is 2. The molecule has 0 aliphatic carbocycles. The first kappa shape index (κ1) is 22.2. The third-order valence-electron chi connectivity index (χ3n) is 5.79. The monoisotopic (exact) mass is 450 g/mol. The maximum absolute atomic E-state index is 13.0. The minimum absolute atomic E-state index is 0.102.